The van der Waals surface area contributed by atoms with Crippen molar-refractivity contribution in [2.75, 3.05) is 0 Å². The molecule has 7 heteroatoms. The number of furan rings is 1. The number of aryl methyl sites for hydroxylation is 2. The number of aliphatic imine (C=N–C) groups is 1. The number of benzene rings is 5. The zero-order chi connectivity index (χ0) is 40.7. The lowest BCUT2D eigenvalue weighted by atomic mass is 9.86. The number of fused-ring (bicyclic) bond motifs is 6. The number of hydrogen-bond acceptors (Lipinski definition) is 6. The third-order valence-electron chi connectivity index (χ3n) is 9.50. The van der Waals surface area contributed by atoms with E-state index < -0.39 is 13.7 Å². The quantitative estimate of drug-likeness (QED) is 0.182. The molecule has 0 amide bonds. The van der Waals surface area contributed by atoms with Crippen molar-refractivity contribution in [1.82, 2.24) is 14.4 Å². The van der Waals surface area contributed by atoms with Crippen LogP contribution in [0.5, 0.6) is 5.75 Å². The van der Waals surface area contributed by atoms with Crippen molar-refractivity contribution in [2.24, 2.45) is 4.99 Å². The van der Waals surface area contributed by atoms with Gasteiger partial charge in [0.05, 0.1) is 11.1 Å². The second-order valence-electron chi connectivity index (χ2n) is 13.9. The average Bonchev–Trinajstić information content (AvgIpc) is 3.85. The molecule has 7 nitrogen and oxygen atoms in total. The largest absolute Gasteiger partial charge is 0.507 e. The maximum atomic E-state index is 11.5. The van der Waals surface area contributed by atoms with E-state index in [2.05, 4.69) is 25.8 Å². The van der Waals surface area contributed by atoms with Gasteiger partial charge in [-0.25, -0.2) is 15.0 Å². The van der Waals surface area contributed by atoms with Gasteiger partial charge in [0.1, 0.15) is 22.6 Å². The minimum atomic E-state index is -2.56. The molecular formula is C45H36N4O3. The van der Waals surface area contributed by atoms with Crippen molar-refractivity contribution >= 4 is 50.8 Å². The van der Waals surface area contributed by atoms with Crippen LogP contribution in [0.2, 0.25) is 0 Å². The summed E-state index contributed by atoms with van der Waals surface area (Å²) in [5, 5.41) is 13.4. The van der Waals surface area contributed by atoms with Crippen molar-refractivity contribution in [3.8, 4) is 39.5 Å². The highest BCUT2D eigenvalue weighted by atomic mass is 16.3. The molecule has 254 valence electrons. The zero-order valence-electron chi connectivity index (χ0n) is 34.6. The summed E-state index contributed by atoms with van der Waals surface area (Å²) in [5.41, 5.74) is 6.67. The van der Waals surface area contributed by atoms with Gasteiger partial charge in [-0.1, -0.05) is 87.5 Å². The fourth-order valence-corrected chi connectivity index (χ4v) is 6.84. The van der Waals surface area contributed by atoms with Crippen molar-refractivity contribution in [3.63, 3.8) is 0 Å². The first-order chi connectivity index (χ1) is 27.6. The van der Waals surface area contributed by atoms with Gasteiger partial charge in [-0.3, -0.25) is 4.40 Å². The Morgan fingerprint density at radius 3 is 2.38 bits per heavy atom. The molecule has 0 saturated heterocycles. The molecule has 0 unspecified atom stereocenters. The van der Waals surface area contributed by atoms with Gasteiger partial charge in [0.15, 0.2) is 17.2 Å². The van der Waals surface area contributed by atoms with Crippen molar-refractivity contribution in [1.29, 1.82) is 0 Å². The predicted octanol–water partition coefficient (Wildman–Crippen LogP) is 11.7. The SMILES string of the molecule is [2H]C([2H])([2H])c1cccc(C([2H])([2H])[2H])c1-c1ccnc(N=Cc2ccccc2-c2nc(-c3ccc(C(C)(C)C)cc3O)n3c2oc2cc4c(cc23)oc2ccccc24)c1. The molecule has 4 aromatic heterocycles. The number of rotatable bonds is 5. The normalized spacial score (nSPS) is 14.5. The van der Waals surface area contributed by atoms with Gasteiger partial charge >= 0.3 is 0 Å². The highest BCUT2D eigenvalue weighted by molar-refractivity contribution is 6.09. The number of phenols is 1. The van der Waals surface area contributed by atoms with E-state index in [0.29, 0.717) is 56.2 Å². The Morgan fingerprint density at radius 2 is 1.58 bits per heavy atom. The molecule has 0 fully saturated rings. The lowest BCUT2D eigenvalue weighted by Crippen LogP contribution is -2.10. The van der Waals surface area contributed by atoms with Crippen LogP contribution in [0.25, 0.3) is 72.5 Å². The third kappa shape index (κ3) is 5.16. The molecular weight excluding hydrogens is 645 g/mol. The van der Waals surface area contributed by atoms with Crippen LogP contribution in [0.4, 0.5) is 5.82 Å². The summed E-state index contributed by atoms with van der Waals surface area (Å²) in [6.07, 6.45) is 3.11. The molecule has 9 aromatic rings. The second kappa shape index (κ2) is 11.8. The molecule has 52 heavy (non-hydrogen) atoms. The lowest BCUT2D eigenvalue weighted by Gasteiger charge is -2.19. The maximum Gasteiger partial charge on any atom is 0.233 e. The molecule has 5 aromatic carbocycles. The average molecular weight is 687 g/mol. The van der Waals surface area contributed by atoms with Gasteiger partial charge in [-0.05, 0) is 83.3 Å². The Hall–Kier alpha value is -6.47. The zero-order valence-corrected chi connectivity index (χ0v) is 28.6. The van der Waals surface area contributed by atoms with Crippen LogP contribution in [0, 0.1) is 13.7 Å². The van der Waals surface area contributed by atoms with Crippen LogP contribution in [0.15, 0.2) is 129 Å². The van der Waals surface area contributed by atoms with Crippen LogP contribution in [-0.2, 0) is 5.41 Å². The number of aromatic hydroxyl groups is 1. The summed E-state index contributed by atoms with van der Waals surface area (Å²) < 4.78 is 63.7. The van der Waals surface area contributed by atoms with E-state index in [4.69, 9.17) is 27.0 Å². The Morgan fingerprint density at radius 1 is 0.769 bits per heavy atom. The molecule has 0 saturated carbocycles. The highest BCUT2D eigenvalue weighted by Gasteiger charge is 2.26. The summed E-state index contributed by atoms with van der Waals surface area (Å²) in [5.74, 6) is 0.783. The number of phenolic OH excluding ortho intramolecular Hbond substituents is 1. The number of aromatic nitrogens is 3. The fourth-order valence-electron chi connectivity index (χ4n) is 6.84. The first-order valence-corrected chi connectivity index (χ1v) is 16.9. The highest BCUT2D eigenvalue weighted by Crippen LogP contribution is 2.42. The summed E-state index contributed by atoms with van der Waals surface area (Å²) >= 11 is 0. The third-order valence-corrected chi connectivity index (χ3v) is 9.50. The van der Waals surface area contributed by atoms with E-state index in [0.717, 1.165) is 21.9 Å². The van der Waals surface area contributed by atoms with Crippen molar-refractivity contribution in [2.45, 2.75) is 39.9 Å². The van der Waals surface area contributed by atoms with E-state index >= 15 is 0 Å². The van der Waals surface area contributed by atoms with Crippen LogP contribution >= 0.6 is 0 Å². The van der Waals surface area contributed by atoms with Gasteiger partial charge in [0.25, 0.3) is 0 Å². The molecule has 1 N–H and O–H groups in total. The smallest absolute Gasteiger partial charge is 0.233 e. The molecule has 0 aliphatic rings. The van der Waals surface area contributed by atoms with Crippen LogP contribution in [-0.4, -0.2) is 25.7 Å². The Labute approximate surface area is 309 Å². The molecule has 0 radical (unpaired) electrons. The summed E-state index contributed by atoms with van der Waals surface area (Å²) in [6.45, 7) is 1.14. The first-order valence-electron chi connectivity index (χ1n) is 19.9. The van der Waals surface area contributed by atoms with Crippen LogP contribution in [0.1, 0.15) is 51.2 Å². The number of imidazole rings is 1. The van der Waals surface area contributed by atoms with Gasteiger partial charge < -0.3 is 13.9 Å². The van der Waals surface area contributed by atoms with Crippen LogP contribution in [0.3, 0.4) is 0 Å². The Balaban J connectivity index is 1.21. The number of oxazole rings is 1. The van der Waals surface area contributed by atoms with E-state index in [9.17, 15) is 5.11 Å². The van der Waals surface area contributed by atoms with Crippen LogP contribution < -0.4 is 0 Å². The Kier molecular flexibility index (Phi) is 5.79. The number of nitrogens with zero attached hydrogens (tertiary/aromatic N) is 4. The van der Waals surface area contributed by atoms with Crippen molar-refractivity contribution in [3.05, 3.63) is 138 Å². The number of para-hydroxylation sites is 1. The van der Waals surface area contributed by atoms with E-state index in [1.54, 1.807) is 24.4 Å². The second-order valence-corrected chi connectivity index (χ2v) is 13.9. The summed E-state index contributed by atoms with van der Waals surface area (Å²) in [7, 11) is 0. The number of hydrogen-bond donors (Lipinski definition) is 1. The van der Waals surface area contributed by atoms with Gasteiger partial charge in [-0.15, -0.1) is 0 Å². The van der Waals surface area contributed by atoms with E-state index in [1.165, 1.54) is 24.4 Å². The summed E-state index contributed by atoms with van der Waals surface area (Å²) in [6, 6.07) is 32.4. The molecule has 0 aliphatic heterocycles. The predicted molar refractivity (Wildman–Crippen MR) is 210 cm³/mol. The fraction of sp³-hybridized carbons (Fsp3) is 0.133. The molecule has 4 heterocycles. The molecule has 0 bridgehead atoms. The molecule has 0 aliphatic carbocycles. The maximum absolute atomic E-state index is 11.5. The van der Waals surface area contributed by atoms with Gasteiger partial charge in [0, 0.05) is 48.6 Å². The topological polar surface area (TPSA) is 89.1 Å². The van der Waals surface area contributed by atoms with Gasteiger partial charge in [-0.2, -0.15) is 0 Å². The number of pyridine rings is 1. The first kappa shape index (κ1) is 25.5. The van der Waals surface area contributed by atoms with Gasteiger partial charge in [0.2, 0.25) is 5.71 Å². The molecule has 9 rings (SSSR count). The minimum absolute atomic E-state index is 0.0712. The standard InChI is InChI=1S/C45H36N4O3/c1-26-11-10-12-27(2)41(26)28-19-20-46-40(21-28)47-25-29-13-6-7-14-31(29)42-44-49(43(48-42)33-18-17-30(22-36(33)50)45(3,4)5)35-24-38-34(23-39(35)52-44)32-15-8-9-16-37(32)51-38/h6-25,50H,1-5H3/i1D3,2D3. The lowest BCUT2D eigenvalue weighted by molar-refractivity contribution is 0.472. The monoisotopic (exact) mass is 686 g/mol. The Bertz CT molecular complexity index is 3080. The van der Waals surface area contributed by atoms with E-state index in [1.807, 2.05) is 77.2 Å². The minimum Gasteiger partial charge on any atom is -0.507 e. The van der Waals surface area contributed by atoms with Crippen molar-refractivity contribution < 1.29 is 22.2 Å². The molecule has 0 spiro atoms. The summed E-state index contributed by atoms with van der Waals surface area (Å²) in [4.78, 5) is 14.2. The molecule has 0 atom stereocenters. The van der Waals surface area contributed by atoms with E-state index in [-0.39, 0.29) is 33.7 Å².